The summed E-state index contributed by atoms with van der Waals surface area (Å²) >= 11 is 1.66. The lowest BCUT2D eigenvalue weighted by Crippen LogP contribution is -2.50. The lowest BCUT2D eigenvalue weighted by Gasteiger charge is -2.39. The second-order valence-corrected chi connectivity index (χ2v) is 8.41. The summed E-state index contributed by atoms with van der Waals surface area (Å²) < 4.78 is 6.81. The highest BCUT2D eigenvalue weighted by atomic mass is 32.2. The lowest BCUT2D eigenvalue weighted by atomic mass is 9.96. The van der Waals surface area contributed by atoms with Gasteiger partial charge in [-0.1, -0.05) is 12.1 Å². The fraction of sp³-hybridized carbons (Fsp3) is 0.478. The van der Waals surface area contributed by atoms with Crippen LogP contribution in [0.1, 0.15) is 36.7 Å². The summed E-state index contributed by atoms with van der Waals surface area (Å²) in [5.74, 6) is 0.0129. The van der Waals surface area contributed by atoms with E-state index in [0.29, 0.717) is 44.9 Å². The number of nitrogens with zero attached hydrogens (tertiary/aromatic N) is 3. The zero-order chi connectivity index (χ0) is 22.5. The number of rotatable bonds is 6. The number of ether oxygens (including phenoxy) is 1. The Hall–Kier alpha value is -2.45. The van der Waals surface area contributed by atoms with E-state index >= 15 is 0 Å². The van der Waals surface area contributed by atoms with Crippen LogP contribution in [0.25, 0.3) is 0 Å². The van der Waals surface area contributed by atoms with Crippen LogP contribution in [0.3, 0.4) is 0 Å². The van der Waals surface area contributed by atoms with Crippen molar-refractivity contribution in [3.8, 4) is 5.75 Å². The standard InChI is InChI=1S/C23H31N3O4S/c1-5-26-16(3)15-19(27)20(22(26)28)21(17-7-9-18(31-4)10-8-17)24-11-13-25(14-12-24)23(29)30-6-2/h7-10,15,21,27H,5-6,11-14H2,1-4H3. The minimum absolute atomic E-state index is 0.0129. The summed E-state index contributed by atoms with van der Waals surface area (Å²) in [6, 6.07) is 9.37. The molecule has 1 aromatic carbocycles. The van der Waals surface area contributed by atoms with Gasteiger partial charge >= 0.3 is 6.09 Å². The summed E-state index contributed by atoms with van der Waals surface area (Å²) in [4.78, 5) is 30.5. The van der Waals surface area contributed by atoms with Gasteiger partial charge in [0.1, 0.15) is 5.75 Å². The number of carbonyl (C=O) groups is 1. The van der Waals surface area contributed by atoms with E-state index in [0.717, 1.165) is 16.2 Å². The molecular formula is C23H31N3O4S. The number of pyridine rings is 1. The average Bonchev–Trinajstić information content (AvgIpc) is 2.77. The molecule has 2 heterocycles. The first-order chi connectivity index (χ1) is 14.9. The summed E-state index contributed by atoms with van der Waals surface area (Å²) in [6.07, 6.45) is 1.71. The summed E-state index contributed by atoms with van der Waals surface area (Å²) in [5.41, 5.74) is 1.89. The van der Waals surface area contributed by atoms with E-state index in [2.05, 4.69) is 4.90 Å². The van der Waals surface area contributed by atoms with Gasteiger partial charge in [-0.25, -0.2) is 4.79 Å². The number of aromatic hydroxyl groups is 1. The second kappa shape index (κ2) is 10.2. The summed E-state index contributed by atoms with van der Waals surface area (Å²) in [5, 5.41) is 10.8. The molecule has 1 saturated heterocycles. The average molecular weight is 446 g/mol. The maximum Gasteiger partial charge on any atom is 0.409 e. The molecule has 7 nitrogen and oxygen atoms in total. The third kappa shape index (κ3) is 4.91. The van der Waals surface area contributed by atoms with Gasteiger partial charge in [-0.3, -0.25) is 9.69 Å². The highest BCUT2D eigenvalue weighted by Crippen LogP contribution is 2.34. The van der Waals surface area contributed by atoms with Crippen molar-refractivity contribution in [2.75, 3.05) is 39.0 Å². The molecule has 168 valence electrons. The van der Waals surface area contributed by atoms with Gasteiger partial charge in [-0.05, 0) is 50.8 Å². The SMILES string of the molecule is CCOC(=O)N1CCN(C(c2ccc(SC)cc2)c2c(O)cc(C)n(CC)c2=O)CC1. The van der Waals surface area contributed by atoms with Crippen LogP contribution in [0.5, 0.6) is 5.75 Å². The first kappa shape index (κ1) is 23.2. The molecule has 1 atom stereocenters. The number of piperazine rings is 1. The zero-order valence-electron chi connectivity index (χ0n) is 18.6. The lowest BCUT2D eigenvalue weighted by molar-refractivity contribution is 0.0709. The van der Waals surface area contributed by atoms with E-state index in [-0.39, 0.29) is 17.4 Å². The van der Waals surface area contributed by atoms with Gasteiger partial charge in [-0.15, -0.1) is 11.8 Å². The minimum Gasteiger partial charge on any atom is -0.507 e. The molecule has 0 aliphatic carbocycles. The second-order valence-electron chi connectivity index (χ2n) is 7.53. The number of benzene rings is 1. The molecule has 0 saturated carbocycles. The van der Waals surface area contributed by atoms with Crippen molar-refractivity contribution in [3.63, 3.8) is 0 Å². The Morgan fingerprint density at radius 1 is 1.16 bits per heavy atom. The molecule has 0 radical (unpaired) electrons. The highest BCUT2D eigenvalue weighted by molar-refractivity contribution is 7.98. The van der Waals surface area contributed by atoms with E-state index < -0.39 is 6.04 Å². The Morgan fingerprint density at radius 2 is 1.81 bits per heavy atom. The zero-order valence-corrected chi connectivity index (χ0v) is 19.4. The molecule has 1 unspecified atom stereocenters. The molecule has 1 amide bonds. The van der Waals surface area contributed by atoms with Crippen LogP contribution < -0.4 is 5.56 Å². The van der Waals surface area contributed by atoms with Crippen molar-refractivity contribution in [2.45, 2.75) is 38.3 Å². The maximum atomic E-state index is 13.4. The molecule has 1 aliphatic heterocycles. The van der Waals surface area contributed by atoms with Gasteiger partial charge in [0.15, 0.2) is 0 Å². The Labute approximate surface area is 187 Å². The van der Waals surface area contributed by atoms with Crippen LogP contribution in [0, 0.1) is 6.92 Å². The topological polar surface area (TPSA) is 75.0 Å². The Morgan fingerprint density at radius 3 is 2.35 bits per heavy atom. The van der Waals surface area contributed by atoms with Gasteiger partial charge in [0.05, 0.1) is 18.2 Å². The molecule has 0 spiro atoms. The predicted octanol–water partition coefficient (Wildman–Crippen LogP) is 3.47. The summed E-state index contributed by atoms with van der Waals surface area (Å²) in [6.45, 7) is 8.59. The number of hydrogen-bond acceptors (Lipinski definition) is 6. The number of aromatic nitrogens is 1. The van der Waals surface area contributed by atoms with Gasteiger partial charge < -0.3 is 19.3 Å². The monoisotopic (exact) mass is 445 g/mol. The molecule has 8 heteroatoms. The van der Waals surface area contributed by atoms with Gasteiger partial charge in [0, 0.05) is 43.3 Å². The van der Waals surface area contributed by atoms with Gasteiger partial charge in [0.25, 0.3) is 5.56 Å². The molecule has 1 N–H and O–H groups in total. The van der Waals surface area contributed by atoms with Crippen LogP contribution in [0.2, 0.25) is 0 Å². The van der Waals surface area contributed by atoms with Crippen LogP contribution >= 0.6 is 11.8 Å². The number of amides is 1. The van der Waals surface area contributed by atoms with Crippen LogP contribution in [0.15, 0.2) is 40.0 Å². The fourth-order valence-corrected chi connectivity index (χ4v) is 4.55. The predicted molar refractivity (Wildman–Crippen MR) is 123 cm³/mol. The molecular weight excluding hydrogens is 414 g/mol. The molecule has 1 aromatic heterocycles. The smallest absolute Gasteiger partial charge is 0.409 e. The summed E-state index contributed by atoms with van der Waals surface area (Å²) in [7, 11) is 0. The third-order valence-corrected chi connectivity index (χ3v) is 6.49. The van der Waals surface area contributed by atoms with E-state index in [1.165, 1.54) is 0 Å². The van der Waals surface area contributed by atoms with Crippen molar-refractivity contribution < 1.29 is 14.6 Å². The van der Waals surface area contributed by atoms with Gasteiger partial charge in [0.2, 0.25) is 0 Å². The largest absolute Gasteiger partial charge is 0.507 e. The number of carbonyl (C=O) groups excluding carboxylic acids is 1. The Kier molecular flexibility index (Phi) is 7.67. The highest BCUT2D eigenvalue weighted by Gasteiger charge is 2.32. The molecule has 0 bridgehead atoms. The maximum absolute atomic E-state index is 13.4. The fourth-order valence-electron chi connectivity index (χ4n) is 4.14. The molecule has 31 heavy (non-hydrogen) atoms. The normalized spacial score (nSPS) is 15.7. The van der Waals surface area contributed by atoms with E-state index in [4.69, 9.17) is 4.74 Å². The van der Waals surface area contributed by atoms with E-state index in [9.17, 15) is 14.7 Å². The number of thioether (sulfide) groups is 1. The van der Waals surface area contributed by atoms with Gasteiger partial charge in [-0.2, -0.15) is 0 Å². The van der Waals surface area contributed by atoms with E-state index in [1.54, 1.807) is 34.2 Å². The number of hydrogen-bond donors (Lipinski definition) is 1. The minimum atomic E-state index is -0.397. The first-order valence-corrected chi connectivity index (χ1v) is 11.9. The van der Waals surface area contributed by atoms with E-state index in [1.807, 2.05) is 44.4 Å². The Balaban J connectivity index is 2.02. The quantitative estimate of drug-likeness (QED) is 0.687. The van der Waals surface area contributed by atoms with Crippen molar-refractivity contribution in [1.29, 1.82) is 0 Å². The van der Waals surface area contributed by atoms with Crippen LogP contribution in [0.4, 0.5) is 4.79 Å². The Bertz CT molecular complexity index is 966. The molecule has 2 aromatic rings. The van der Waals surface area contributed by atoms with Crippen molar-refractivity contribution >= 4 is 17.9 Å². The molecule has 1 aliphatic rings. The molecule has 1 fully saturated rings. The third-order valence-electron chi connectivity index (χ3n) is 5.75. The number of aryl methyl sites for hydroxylation is 1. The van der Waals surface area contributed by atoms with Crippen LogP contribution in [-0.2, 0) is 11.3 Å². The van der Waals surface area contributed by atoms with Crippen molar-refractivity contribution in [2.24, 2.45) is 0 Å². The molecule has 3 rings (SSSR count). The van der Waals surface area contributed by atoms with Crippen molar-refractivity contribution in [3.05, 3.63) is 57.5 Å². The van der Waals surface area contributed by atoms with Crippen molar-refractivity contribution in [1.82, 2.24) is 14.4 Å². The van der Waals surface area contributed by atoms with Crippen LogP contribution in [-0.4, -0.2) is 64.6 Å². The first-order valence-electron chi connectivity index (χ1n) is 10.6.